The Morgan fingerprint density at radius 1 is 1.21 bits per heavy atom. The number of fused-ring (bicyclic) bond motifs is 1. The zero-order chi connectivity index (χ0) is 13.6. The molecule has 0 fully saturated rings. The molecule has 2 aromatic rings. The number of thiophene rings is 1. The van der Waals surface area contributed by atoms with Crippen LogP contribution < -0.4 is 4.31 Å². The highest BCUT2D eigenvalue weighted by Crippen LogP contribution is 2.35. The summed E-state index contributed by atoms with van der Waals surface area (Å²) in [5.41, 5.74) is 1.93. The maximum Gasteiger partial charge on any atom is 0.265 e. The SMILES string of the molecule is Cc1cc(S(=O)(=O)N2CCc3ccccc32)c(C)s1. The van der Waals surface area contributed by atoms with Crippen molar-refractivity contribution in [1.82, 2.24) is 0 Å². The minimum atomic E-state index is -3.42. The highest BCUT2D eigenvalue weighted by atomic mass is 32.2. The molecule has 1 aromatic heterocycles. The minimum Gasteiger partial charge on any atom is -0.266 e. The second-order valence-electron chi connectivity index (χ2n) is 4.73. The molecule has 1 aromatic carbocycles. The van der Waals surface area contributed by atoms with Crippen LogP contribution in [0.5, 0.6) is 0 Å². The third-order valence-corrected chi connectivity index (χ3v) is 6.44. The molecule has 100 valence electrons. The molecular formula is C14H15NO2S2. The Labute approximate surface area is 117 Å². The summed E-state index contributed by atoms with van der Waals surface area (Å²) in [6, 6.07) is 9.49. The topological polar surface area (TPSA) is 37.4 Å². The lowest BCUT2D eigenvalue weighted by Gasteiger charge is -2.19. The number of sulfonamides is 1. The molecule has 2 heterocycles. The Morgan fingerprint density at radius 3 is 2.63 bits per heavy atom. The molecule has 0 saturated heterocycles. The molecule has 5 heteroatoms. The maximum absolute atomic E-state index is 12.8. The number of benzene rings is 1. The van der Waals surface area contributed by atoms with Crippen LogP contribution in [0.4, 0.5) is 5.69 Å². The molecule has 0 radical (unpaired) electrons. The summed E-state index contributed by atoms with van der Waals surface area (Å²) in [4.78, 5) is 2.34. The van der Waals surface area contributed by atoms with Gasteiger partial charge in [-0.15, -0.1) is 11.3 Å². The van der Waals surface area contributed by atoms with Crippen molar-refractivity contribution in [2.45, 2.75) is 25.2 Å². The molecule has 1 aliphatic heterocycles. The average molecular weight is 293 g/mol. The summed E-state index contributed by atoms with van der Waals surface area (Å²) in [6.45, 7) is 4.34. The summed E-state index contributed by atoms with van der Waals surface area (Å²) in [6.07, 6.45) is 0.789. The van der Waals surface area contributed by atoms with Crippen molar-refractivity contribution in [3.63, 3.8) is 0 Å². The summed E-state index contributed by atoms with van der Waals surface area (Å²) in [5, 5.41) is 0. The lowest BCUT2D eigenvalue weighted by Crippen LogP contribution is -2.29. The summed E-state index contributed by atoms with van der Waals surface area (Å²) >= 11 is 1.53. The fraction of sp³-hybridized carbons (Fsp3) is 0.286. The van der Waals surface area contributed by atoms with Gasteiger partial charge in [-0.3, -0.25) is 4.31 Å². The molecule has 3 nitrogen and oxygen atoms in total. The van der Waals surface area contributed by atoms with Gasteiger partial charge in [-0.25, -0.2) is 8.42 Å². The van der Waals surface area contributed by atoms with Crippen molar-refractivity contribution in [3.8, 4) is 0 Å². The van der Waals surface area contributed by atoms with Gasteiger partial charge in [0.25, 0.3) is 10.0 Å². The molecule has 19 heavy (non-hydrogen) atoms. The van der Waals surface area contributed by atoms with Crippen molar-refractivity contribution in [1.29, 1.82) is 0 Å². The van der Waals surface area contributed by atoms with Crippen molar-refractivity contribution < 1.29 is 8.42 Å². The normalized spacial score (nSPS) is 14.7. The van der Waals surface area contributed by atoms with E-state index >= 15 is 0 Å². The van der Waals surface area contributed by atoms with E-state index in [9.17, 15) is 8.42 Å². The first-order chi connectivity index (χ1) is 9.00. The number of rotatable bonds is 2. The van der Waals surface area contributed by atoms with Gasteiger partial charge in [0, 0.05) is 16.3 Å². The molecule has 0 aliphatic carbocycles. The standard InChI is InChI=1S/C14H15NO2S2/c1-10-9-14(11(2)18-10)19(16,17)15-8-7-12-5-3-4-6-13(12)15/h3-6,9H,7-8H2,1-2H3. The van der Waals surface area contributed by atoms with Gasteiger partial charge in [0.15, 0.2) is 0 Å². The average Bonchev–Trinajstić information content (AvgIpc) is 2.93. The van der Waals surface area contributed by atoms with Gasteiger partial charge in [-0.2, -0.15) is 0 Å². The lowest BCUT2D eigenvalue weighted by atomic mass is 10.2. The minimum absolute atomic E-state index is 0.451. The summed E-state index contributed by atoms with van der Waals surface area (Å²) in [7, 11) is -3.42. The molecule has 0 spiro atoms. The van der Waals surface area contributed by atoms with E-state index in [1.54, 1.807) is 6.07 Å². The van der Waals surface area contributed by atoms with Gasteiger partial charge in [0.2, 0.25) is 0 Å². The quantitative estimate of drug-likeness (QED) is 0.853. The van der Waals surface area contributed by atoms with Crippen molar-refractivity contribution in [2.24, 2.45) is 0 Å². The number of hydrogen-bond donors (Lipinski definition) is 0. The maximum atomic E-state index is 12.8. The van der Waals surface area contributed by atoms with Crippen LogP contribution in [0.25, 0.3) is 0 Å². The van der Waals surface area contributed by atoms with Crippen LogP contribution in [-0.2, 0) is 16.4 Å². The van der Waals surface area contributed by atoms with Crippen LogP contribution >= 0.6 is 11.3 Å². The van der Waals surface area contributed by atoms with Crippen LogP contribution in [0.15, 0.2) is 35.2 Å². The van der Waals surface area contributed by atoms with E-state index in [4.69, 9.17) is 0 Å². The number of para-hydroxylation sites is 1. The first-order valence-electron chi connectivity index (χ1n) is 6.18. The second-order valence-corrected chi connectivity index (χ2v) is 8.02. The Balaban J connectivity index is 2.11. The molecule has 0 N–H and O–H groups in total. The van der Waals surface area contributed by atoms with Gasteiger partial charge < -0.3 is 0 Å². The predicted molar refractivity (Wildman–Crippen MR) is 78.5 cm³/mol. The molecular weight excluding hydrogens is 278 g/mol. The summed E-state index contributed by atoms with van der Waals surface area (Å²) in [5.74, 6) is 0. The van der Waals surface area contributed by atoms with Gasteiger partial charge in [-0.05, 0) is 38.0 Å². The molecule has 0 amide bonds. The number of aryl methyl sites for hydroxylation is 2. The van der Waals surface area contributed by atoms with Crippen LogP contribution in [0.1, 0.15) is 15.3 Å². The smallest absolute Gasteiger partial charge is 0.265 e. The summed E-state index contributed by atoms with van der Waals surface area (Å²) < 4.78 is 27.1. The van der Waals surface area contributed by atoms with Crippen LogP contribution in [0.3, 0.4) is 0 Å². The van der Waals surface area contributed by atoms with E-state index in [0.29, 0.717) is 11.4 Å². The lowest BCUT2D eigenvalue weighted by molar-refractivity contribution is 0.592. The number of nitrogens with zero attached hydrogens (tertiary/aromatic N) is 1. The predicted octanol–water partition coefficient (Wildman–Crippen LogP) is 3.12. The fourth-order valence-corrected chi connectivity index (χ4v) is 5.57. The van der Waals surface area contributed by atoms with Crippen molar-refractivity contribution in [2.75, 3.05) is 10.8 Å². The third kappa shape index (κ3) is 1.97. The number of hydrogen-bond acceptors (Lipinski definition) is 3. The second kappa shape index (κ2) is 4.35. The first-order valence-corrected chi connectivity index (χ1v) is 8.43. The molecule has 0 saturated carbocycles. The van der Waals surface area contributed by atoms with E-state index in [2.05, 4.69) is 0 Å². The monoisotopic (exact) mass is 293 g/mol. The molecule has 0 unspecified atom stereocenters. The molecule has 3 rings (SSSR count). The van der Waals surface area contributed by atoms with Gasteiger partial charge in [0.05, 0.1) is 5.69 Å². The Bertz CT molecular complexity index is 732. The fourth-order valence-electron chi connectivity index (χ4n) is 2.54. The highest BCUT2D eigenvalue weighted by Gasteiger charge is 2.32. The van der Waals surface area contributed by atoms with E-state index in [-0.39, 0.29) is 0 Å². The van der Waals surface area contributed by atoms with Crippen LogP contribution in [0.2, 0.25) is 0 Å². The van der Waals surface area contributed by atoms with E-state index in [1.165, 1.54) is 15.6 Å². The third-order valence-electron chi connectivity index (χ3n) is 3.41. The first kappa shape index (κ1) is 12.7. The Kier molecular flexibility index (Phi) is 2.91. The zero-order valence-corrected chi connectivity index (χ0v) is 12.5. The van der Waals surface area contributed by atoms with Gasteiger partial charge in [0.1, 0.15) is 4.90 Å². The van der Waals surface area contributed by atoms with Crippen LogP contribution in [0, 0.1) is 13.8 Å². The zero-order valence-electron chi connectivity index (χ0n) is 10.9. The molecule has 1 aliphatic rings. The van der Waals surface area contributed by atoms with Crippen molar-refractivity contribution in [3.05, 3.63) is 45.6 Å². The van der Waals surface area contributed by atoms with Crippen LogP contribution in [-0.4, -0.2) is 15.0 Å². The van der Waals surface area contributed by atoms with Gasteiger partial charge in [-0.1, -0.05) is 18.2 Å². The van der Waals surface area contributed by atoms with E-state index in [0.717, 1.165) is 27.4 Å². The molecule has 0 bridgehead atoms. The van der Waals surface area contributed by atoms with E-state index in [1.807, 2.05) is 38.1 Å². The number of anilines is 1. The Hall–Kier alpha value is -1.33. The van der Waals surface area contributed by atoms with Crippen molar-refractivity contribution >= 4 is 27.0 Å². The Morgan fingerprint density at radius 2 is 1.95 bits per heavy atom. The highest BCUT2D eigenvalue weighted by molar-refractivity contribution is 7.93. The van der Waals surface area contributed by atoms with E-state index < -0.39 is 10.0 Å². The molecule has 0 atom stereocenters. The largest absolute Gasteiger partial charge is 0.266 e. The van der Waals surface area contributed by atoms with Gasteiger partial charge >= 0.3 is 0 Å².